The summed E-state index contributed by atoms with van der Waals surface area (Å²) in [5, 5.41) is -0.228. The first kappa shape index (κ1) is 38.4. The minimum atomic E-state index is -2.55. The molecular formula is C37H66O8Si3. The zero-order chi connectivity index (χ0) is 36.6. The van der Waals surface area contributed by atoms with Crippen LogP contribution >= 0.6 is 0 Å². The Morgan fingerprint density at radius 1 is 0.812 bits per heavy atom. The zero-order valence-electron chi connectivity index (χ0n) is 33.4. The third-order valence-corrected chi connectivity index (χ3v) is 24.1. The topological polar surface area (TPSA) is 89.5 Å². The van der Waals surface area contributed by atoms with Crippen molar-refractivity contribution < 1.29 is 37.1 Å². The van der Waals surface area contributed by atoms with E-state index in [-0.39, 0.29) is 28.1 Å². The molecule has 5 aliphatic rings. The normalized spacial score (nSPS) is 40.1. The minimum absolute atomic E-state index is 0.0280. The molecule has 0 unspecified atom stereocenters. The first-order valence-electron chi connectivity index (χ1n) is 18.2. The van der Waals surface area contributed by atoms with Crippen molar-refractivity contribution in [3.05, 3.63) is 11.1 Å². The summed E-state index contributed by atoms with van der Waals surface area (Å²) in [6.45, 7) is 40.0. The Labute approximate surface area is 294 Å². The van der Waals surface area contributed by atoms with Gasteiger partial charge in [0.15, 0.2) is 42.4 Å². The molecule has 3 aliphatic carbocycles. The summed E-state index contributed by atoms with van der Waals surface area (Å²) in [4.78, 5) is 29.8. The Hall–Kier alpha value is -0.829. The molecule has 8 nitrogen and oxygen atoms in total. The summed E-state index contributed by atoms with van der Waals surface area (Å²) in [7, 11) is -7.02. The molecule has 2 aliphatic heterocycles. The van der Waals surface area contributed by atoms with Gasteiger partial charge in [-0.3, -0.25) is 4.79 Å². The van der Waals surface area contributed by atoms with E-state index in [1.54, 1.807) is 0 Å². The van der Waals surface area contributed by atoms with Crippen LogP contribution in [0.3, 0.4) is 0 Å². The van der Waals surface area contributed by atoms with Crippen molar-refractivity contribution in [2.75, 3.05) is 6.61 Å². The van der Waals surface area contributed by atoms with Crippen LogP contribution in [0.5, 0.6) is 0 Å². The molecule has 1 spiro atoms. The average Bonchev–Trinajstić information content (AvgIpc) is 3.20. The second-order valence-electron chi connectivity index (χ2n) is 20.7. The summed E-state index contributed by atoms with van der Waals surface area (Å²) in [5.74, 6) is -0.399. The van der Waals surface area contributed by atoms with Gasteiger partial charge in [-0.05, 0) is 80.9 Å². The lowest BCUT2D eigenvalue weighted by atomic mass is 9.42. The fraction of sp³-hybridized carbons (Fsp3) is 0.892. The Balaban J connectivity index is 1.87. The van der Waals surface area contributed by atoms with Gasteiger partial charge in [-0.2, -0.15) is 0 Å². The standard InChI is InChI=1S/C37H66O8Si3/c1-22-23(43-46(12,13)14)20-37-30(41-31(39)42-37)28-35(10)21-40-24(35)19-25(44-47(15,16)32(2,3)4)36(28,11)29(38)27(26(22)34(37,8)9)45-48(17,18)33(5,6)7/h23-25,27-28,30H,19-21H2,1-18H3/t23-,24+,25-,27+,28+,30-,35+,36+,37+/m0/s1. The second kappa shape index (κ2) is 11.1. The van der Waals surface area contributed by atoms with Crippen LogP contribution in [-0.4, -0.2) is 79.6 Å². The van der Waals surface area contributed by atoms with Crippen LogP contribution in [0.4, 0.5) is 4.79 Å². The van der Waals surface area contributed by atoms with Crippen LogP contribution in [0, 0.1) is 22.2 Å². The van der Waals surface area contributed by atoms with E-state index >= 15 is 4.79 Å². The van der Waals surface area contributed by atoms with E-state index in [0.29, 0.717) is 19.4 Å². The number of ether oxygens (including phenoxy) is 3. The van der Waals surface area contributed by atoms with E-state index in [1.165, 1.54) is 0 Å². The third kappa shape index (κ3) is 5.45. The molecule has 0 aromatic carbocycles. The Bertz CT molecular complexity index is 1380. The number of ketones is 1. The van der Waals surface area contributed by atoms with Gasteiger partial charge in [-0.15, -0.1) is 0 Å². The van der Waals surface area contributed by atoms with Gasteiger partial charge >= 0.3 is 6.16 Å². The third-order valence-electron chi connectivity index (χ3n) is 14.2. The van der Waals surface area contributed by atoms with Crippen LogP contribution < -0.4 is 0 Å². The number of carbonyl (C=O) groups excluding carboxylic acids is 2. The van der Waals surface area contributed by atoms with Gasteiger partial charge in [-0.1, -0.05) is 62.3 Å². The second-order valence-corrected chi connectivity index (χ2v) is 34.7. The molecule has 5 rings (SSSR count). The molecule has 2 saturated carbocycles. The molecule has 0 amide bonds. The molecular weight excluding hydrogens is 657 g/mol. The van der Waals surface area contributed by atoms with E-state index < -0.39 is 77.2 Å². The maximum Gasteiger partial charge on any atom is 0.509 e. The Morgan fingerprint density at radius 3 is 1.83 bits per heavy atom. The number of rotatable bonds is 6. The number of carbonyl (C=O) groups is 2. The number of hydrogen-bond donors (Lipinski definition) is 0. The monoisotopic (exact) mass is 722 g/mol. The maximum absolute atomic E-state index is 16.2. The Kier molecular flexibility index (Phi) is 8.87. The Morgan fingerprint density at radius 2 is 1.35 bits per heavy atom. The minimum Gasteiger partial charge on any atom is -0.426 e. The molecule has 4 fully saturated rings. The maximum atomic E-state index is 16.2. The van der Waals surface area contributed by atoms with Crippen molar-refractivity contribution in [3.8, 4) is 0 Å². The number of hydrogen-bond acceptors (Lipinski definition) is 8. The average molecular weight is 723 g/mol. The molecule has 0 aromatic rings. The van der Waals surface area contributed by atoms with Crippen LogP contribution in [0.25, 0.3) is 0 Å². The van der Waals surface area contributed by atoms with Gasteiger partial charge in [0, 0.05) is 29.6 Å². The zero-order valence-corrected chi connectivity index (χ0v) is 36.4. The van der Waals surface area contributed by atoms with Crippen LogP contribution in [0.1, 0.15) is 89.0 Å². The lowest BCUT2D eigenvalue weighted by molar-refractivity contribution is -0.297. The first-order chi connectivity index (χ1) is 21.4. The fourth-order valence-electron chi connectivity index (χ4n) is 9.17. The van der Waals surface area contributed by atoms with E-state index in [1.807, 2.05) is 0 Å². The number of Topliss-reactive ketones (excluding diaryl/α,β-unsaturated/α-hetero) is 1. The molecule has 11 heteroatoms. The highest BCUT2D eigenvalue weighted by Gasteiger charge is 2.79. The molecule has 2 heterocycles. The molecule has 0 aromatic heterocycles. The van der Waals surface area contributed by atoms with Crippen molar-refractivity contribution in [2.24, 2.45) is 22.2 Å². The van der Waals surface area contributed by atoms with E-state index in [9.17, 15) is 4.79 Å². The highest BCUT2D eigenvalue weighted by Crippen LogP contribution is 2.69. The summed E-state index contributed by atoms with van der Waals surface area (Å²) in [6, 6.07) is 0. The SMILES string of the molecule is CC1=C2[C@@H](O[Si](C)(C)C(C)(C)C)C(=O)[C@]3(C)[C@@H](O[Si](C)(C)C(C)(C)C)C[C@H]4OC[C@@]4(C)[C@H]3[C@@H]3OC(=O)O[C@@]3(C[C@@H]1O[Si](C)(C)C)C2(C)C. The van der Waals surface area contributed by atoms with Crippen molar-refractivity contribution in [1.82, 2.24) is 0 Å². The fourth-order valence-corrected chi connectivity index (χ4v) is 12.9. The van der Waals surface area contributed by atoms with Crippen LogP contribution in [-0.2, 0) is 32.3 Å². The molecule has 2 saturated heterocycles. The summed E-state index contributed by atoms with van der Waals surface area (Å²) in [5.41, 5.74) is -1.48. The van der Waals surface area contributed by atoms with Crippen LogP contribution in [0.2, 0.25) is 55.9 Å². The number of fused-ring (bicyclic) bond motifs is 5. The van der Waals surface area contributed by atoms with Gasteiger partial charge in [0.25, 0.3) is 0 Å². The molecule has 48 heavy (non-hydrogen) atoms. The van der Waals surface area contributed by atoms with Gasteiger partial charge < -0.3 is 27.5 Å². The highest BCUT2D eigenvalue weighted by atomic mass is 28.4. The molecule has 274 valence electrons. The first-order valence-corrected chi connectivity index (χ1v) is 27.4. The van der Waals surface area contributed by atoms with Crippen molar-refractivity contribution >= 4 is 36.9 Å². The summed E-state index contributed by atoms with van der Waals surface area (Å²) < 4.78 is 41.1. The van der Waals surface area contributed by atoms with Crippen molar-refractivity contribution in [3.63, 3.8) is 0 Å². The van der Waals surface area contributed by atoms with Gasteiger partial charge in [-0.25, -0.2) is 4.79 Å². The van der Waals surface area contributed by atoms with Crippen molar-refractivity contribution in [2.45, 2.75) is 181 Å². The lowest BCUT2D eigenvalue weighted by Gasteiger charge is -2.68. The molecule has 0 radical (unpaired) electrons. The predicted octanol–water partition coefficient (Wildman–Crippen LogP) is 9.02. The van der Waals surface area contributed by atoms with E-state index in [0.717, 1.165) is 11.1 Å². The quantitative estimate of drug-likeness (QED) is 0.153. The van der Waals surface area contributed by atoms with Gasteiger partial charge in [0.2, 0.25) is 0 Å². The van der Waals surface area contributed by atoms with Crippen molar-refractivity contribution in [1.29, 1.82) is 0 Å². The summed E-state index contributed by atoms with van der Waals surface area (Å²) in [6.07, 6.45) is -2.11. The van der Waals surface area contributed by atoms with Gasteiger partial charge in [0.1, 0.15) is 6.10 Å². The highest BCUT2D eigenvalue weighted by molar-refractivity contribution is 6.74. The van der Waals surface area contributed by atoms with E-state index in [4.69, 9.17) is 27.5 Å². The molecule has 9 atom stereocenters. The molecule has 2 bridgehead atoms. The van der Waals surface area contributed by atoms with Gasteiger partial charge in [0.05, 0.1) is 30.3 Å². The predicted molar refractivity (Wildman–Crippen MR) is 197 cm³/mol. The smallest absolute Gasteiger partial charge is 0.426 e. The van der Waals surface area contributed by atoms with Crippen LogP contribution in [0.15, 0.2) is 11.1 Å². The largest absolute Gasteiger partial charge is 0.509 e. The van der Waals surface area contributed by atoms with E-state index in [2.05, 4.69) is 122 Å². The lowest BCUT2D eigenvalue weighted by Crippen LogP contribution is -2.77. The molecule has 0 N–H and O–H groups in total. The summed E-state index contributed by atoms with van der Waals surface area (Å²) >= 11 is 0.